The minimum Gasteiger partial charge on any atom is -0.309 e. The zero-order valence-electron chi connectivity index (χ0n) is 12.1. The molecule has 0 saturated heterocycles. The highest BCUT2D eigenvalue weighted by atomic mass is 79.9. The molecular formula is C18H19Br2N. The number of nitrogens with one attached hydrogen (secondary N) is 1. The van der Waals surface area contributed by atoms with Crippen LogP contribution in [0.25, 0.3) is 0 Å². The third-order valence-corrected chi connectivity index (χ3v) is 5.48. The van der Waals surface area contributed by atoms with E-state index in [1.165, 1.54) is 47.9 Å². The standard InChI is InChI=1S/C18H19Br2N/c1-21-18(16-11-15(19)8-9-17(16)20)14-7-6-12-4-2-3-5-13(12)10-14/h6-11,18,21H,2-5H2,1H3. The Kier molecular flexibility index (Phi) is 4.82. The smallest absolute Gasteiger partial charge is 0.0585 e. The van der Waals surface area contributed by atoms with Gasteiger partial charge in [0, 0.05) is 8.95 Å². The molecule has 0 radical (unpaired) electrons. The van der Waals surface area contributed by atoms with Crippen molar-refractivity contribution in [3.63, 3.8) is 0 Å². The Morgan fingerprint density at radius 2 is 1.71 bits per heavy atom. The molecule has 3 rings (SSSR count). The van der Waals surface area contributed by atoms with E-state index in [1.54, 1.807) is 0 Å². The molecule has 3 heteroatoms. The maximum Gasteiger partial charge on any atom is 0.0585 e. The fourth-order valence-corrected chi connectivity index (χ4v) is 4.02. The highest BCUT2D eigenvalue weighted by Gasteiger charge is 2.18. The van der Waals surface area contributed by atoms with Gasteiger partial charge in [0.1, 0.15) is 0 Å². The van der Waals surface area contributed by atoms with Crippen molar-refractivity contribution in [3.8, 4) is 0 Å². The number of hydrogen-bond acceptors (Lipinski definition) is 1. The van der Waals surface area contributed by atoms with Gasteiger partial charge in [-0.1, -0.05) is 50.1 Å². The van der Waals surface area contributed by atoms with Crippen LogP contribution in [0, 0.1) is 0 Å². The summed E-state index contributed by atoms with van der Waals surface area (Å²) in [6.07, 6.45) is 5.11. The van der Waals surface area contributed by atoms with Gasteiger partial charge in [-0.05, 0) is 73.2 Å². The molecule has 1 unspecified atom stereocenters. The van der Waals surface area contributed by atoms with E-state index >= 15 is 0 Å². The molecule has 0 aromatic heterocycles. The van der Waals surface area contributed by atoms with Crippen LogP contribution in [-0.4, -0.2) is 7.05 Å². The van der Waals surface area contributed by atoms with Crippen molar-refractivity contribution in [3.05, 3.63) is 67.6 Å². The van der Waals surface area contributed by atoms with Crippen LogP contribution in [0.3, 0.4) is 0 Å². The molecule has 0 saturated carbocycles. The first-order valence-electron chi connectivity index (χ1n) is 7.43. The van der Waals surface area contributed by atoms with E-state index in [1.807, 2.05) is 7.05 Å². The lowest BCUT2D eigenvalue weighted by atomic mass is 9.88. The van der Waals surface area contributed by atoms with Crippen LogP contribution in [0.4, 0.5) is 0 Å². The van der Waals surface area contributed by atoms with Crippen LogP contribution in [0.2, 0.25) is 0 Å². The largest absolute Gasteiger partial charge is 0.309 e. The van der Waals surface area contributed by atoms with Crippen LogP contribution in [0.1, 0.15) is 41.1 Å². The molecule has 0 bridgehead atoms. The minimum absolute atomic E-state index is 0.212. The van der Waals surface area contributed by atoms with Crippen LogP contribution in [-0.2, 0) is 12.8 Å². The number of halogens is 2. The Morgan fingerprint density at radius 1 is 0.952 bits per heavy atom. The van der Waals surface area contributed by atoms with Gasteiger partial charge in [0.25, 0.3) is 0 Å². The maximum atomic E-state index is 3.68. The number of benzene rings is 2. The second kappa shape index (κ2) is 6.64. The second-order valence-corrected chi connectivity index (χ2v) is 7.39. The van der Waals surface area contributed by atoms with Crippen molar-refractivity contribution in [2.24, 2.45) is 0 Å². The van der Waals surface area contributed by atoms with Gasteiger partial charge in [0.15, 0.2) is 0 Å². The third kappa shape index (κ3) is 3.25. The summed E-state index contributed by atoms with van der Waals surface area (Å²) in [4.78, 5) is 0. The highest BCUT2D eigenvalue weighted by Crippen LogP contribution is 2.33. The monoisotopic (exact) mass is 407 g/mol. The number of rotatable bonds is 3. The molecule has 1 aliphatic carbocycles. The Morgan fingerprint density at radius 3 is 2.48 bits per heavy atom. The van der Waals surface area contributed by atoms with Crippen molar-refractivity contribution in [1.29, 1.82) is 0 Å². The average Bonchev–Trinajstić information content (AvgIpc) is 2.51. The Labute approximate surface area is 143 Å². The summed E-state index contributed by atoms with van der Waals surface area (Å²) in [7, 11) is 2.03. The fourth-order valence-electron chi connectivity index (χ4n) is 3.17. The van der Waals surface area contributed by atoms with Gasteiger partial charge in [0.05, 0.1) is 6.04 Å². The van der Waals surface area contributed by atoms with E-state index in [-0.39, 0.29) is 6.04 Å². The molecule has 21 heavy (non-hydrogen) atoms. The van der Waals surface area contributed by atoms with Crippen molar-refractivity contribution < 1.29 is 0 Å². The topological polar surface area (TPSA) is 12.0 Å². The molecule has 0 heterocycles. The number of hydrogen-bond donors (Lipinski definition) is 1. The van der Waals surface area contributed by atoms with E-state index in [9.17, 15) is 0 Å². The number of fused-ring (bicyclic) bond motifs is 1. The quantitative estimate of drug-likeness (QED) is 0.716. The summed E-state index contributed by atoms with van der Waals surface area (Å²) in [6, 6.07) is 13.5. The Hall–Kier alpha value is -0.640. The van der Waals surface area contributed by atoms with E-state index in [2.05, 4.69) is 73.6 Å². The van der Waals surface area contributed by atoms with Gasteiger partial charge in [0.2, 0.25) is 0 Å². The molecule has 1 atom stereocenters. The molecule has 1 aliphatic rings. The zero-order chi connectivity index (χ0) is 14.8. The lowest BCUT2D eigenvalue weighted by Crippen LogP contribution is -2.19. The lowest BCUT2D eigenvalue weighted by molar-refractivity contribution is 0.666. The summed E-state index contributed by atoms with van der Waals surface area (Å²) >= 11 is 7.26. The molecule has 0 spiro atoms. The predicted octanol–water partition coefficient (Wildman–Crippen LogP) is 5.40. The van der Waals surface area contributed by atoms with Crippen molar-refractivity contribution in [2.75, 3.05) is 7.05 Å². The van der Waals surface area contributed by atoms with Crippen molar-refractivity contribution >= 4 is 31.9 Å². The van der Waals surface area contributed by atoms with Gasteiger partial charge in [-0.3, -0.25) is 0 Å². The van der Waals surface area contributed by atoms with E-state index < -0.39 is 0 Å². The Bertz CT molecular complexity index is 652. The van der Waals surface area contributed by atoms with E-state index in [4.69, 9.17) is 0 Å². The predicted molar refractivity (Wildman–Crippen MR) is 95.8 cm³/mol. The zero-order valence-corrected chi connectivity index (χ0v) is 15.3. The molecule has 0 aliphatic heterocycles. The Balaban J connectivity index is 2.01. The summed E-state index contributed by atoms with van der Waals surface area (Å²) < 4.78 is 2.25. The first-order valence-corrected chi connectivity index (χ1v) is 9.01. The van der Waals surface area contributed by atoms with Crippen LogP contribution in [0.15, 0.2) is 45.3 Å². The van der Waals surface area contributed by atoms with Crippen molar-refractivity contribution in [2.45, 2.75) is 31.7 Å². The van der Waals surface area contributed by atoms with Gasteiger partial charge in [-0.25, -0.2) is 0 Å². The minimum atomic E-state index is 0.212. The van der Waals surface area contributed by atoms with Gasteiger partial charge < -0.3 is 5.32 Å². The maximum absolute atomic E-state index is 3.68. The summed E-state index contributed by atoms with van der Waals surface area (Å²) in [5.41, 5.74) is 5.68. The average molecular weight is 409 g/mol. The van der Waals surface area contributed by atoms with Crippen LogP contribution in [0.5, 0.6) is 0 Å². The fraction of sp³-hybridized carbons (Fsp3) is 0.333. The van der Waals surface area contributed by atoms with E-state index in [0.29, 0.717) is 0 Å². The molecular weight excluding hydrogens is 390 g/mol. The molecule has 110 valence electrons. The van der Waals surface area contributed by atoms with Gasteiger partial charge in [-0.2, -0.15) is 0 Å². The molecule has 0 amide bonds. The molecule has 2 aromatic rings. The summed E-state index contributed by atoms with van der Waals surface area (Å²) in [6.45, 7) is 0. The normalized spacial score (nSPS) is 15.6. The first-order chi connectivity index (χ1) is 10.2. The summed E-state index contributed by atoms with van der Waals surface area (Å²) in [5, 5.41) is 3.46. The van der Waals surface area contributed by atoms with E-state index in [0.717, 1.165) is 8.95 Å². The highest BCUT2D eigenvalue weighted by molar-refractivity contribution is 9.11. The van der Waals surface area contributed by atoms with Gasteiger partial charge in [-0.15, -0.1) is 0 Å². The number of aryl methyl sites for hydroxylation is 2. The van der Waals surface area contributed by atoms with Crippen LogP contribution >= 0.6 is 31.9 Å². The molecule has 1 nitrogen and oxygen atoms in total. The van der Waals surface area contributed by atoms with Crippen molar-refractivity contribution in [1.82, 2.24) is 5.32 Å². The second-order valence-electron chi connectivity index (χ2n) is 5.62. The molecule has 1 N–H and O–H groups in total. The molecule has 0 fully saturated rings. The first kappa shape index (κ1) is 15.3. The lowest BCUT2D eigenvalue weighted by Gasteiger charge is -2.22. The SMILES string of the molecule is CNC(c1ccc2c(c1)CCCC2)c1cc(Br)ccc1Br. The van der Waals surface area contributed by atoms with Crippen LogP contribution < -0.4 is 5.32 Å². The van der Waals surface area contributed by atoms with Gasteiger partial charge >= 0.3 is 0 Å². The summed E-state index contributed by atoms with van der Waals surface area (Å²) in [5.74, 6) is 0. The molecule has 2 aromatic carbocycles. The third-order valence-electron chi connectivity index (χ3n) is 4.26.